The number of hydrogen-bond donors (Lipinski definition) is 0. The minimum absolute atomic E-state index is 0.0474. The van der Waals surface area contributed by atoms with Crippen LogP contribution in [0.1, 0.15) is 19.8 Å². The van der Waals surface area contributed by atoms with Crippen molar-refractivity contribution in [2.75, 3.05) is 18.1 Å². The van der Waals surface area contributed by atoms with Crippen molar-refractivity contribution in [3.8, 4) is 0 Å². The summed E-state index contributed by atoms with van der Waals surface area (Å²) < 4.78 is 27.4. The number of rotatable bonds is 3. The van der Waals surface area contributed by atoms with E-state index in [1.807, 2.05) is 0 Å². The number of sulfone groups is 1. The third-order valence-electron chi connectivity index (χ3n) is 2.87. The van der Waals surface area contributed by atoms with E-state index in [2.05, 4.69) is 5.10 Å². The van der Waals surface area contributed by atoms with Crippen LogP contribution in [-0.2, 0) is 24.2 Å². The SMILES string of the molecule is CCOC(=O)C1=NN(C2CCS(=O)(=O)C2)C(=O)C1. The van der Waals surface area contributed by atoms with Gasteiger partial charge in [-0.3, -0.25) is 4.79 Å². The molecule has 1 amide bonds. The Morgan fingerprint density at radius 2 is 2.28 bits per heavy atom. The van der Waals surface area contributed by atoms with E-state index in [1.165, 1.54) is 0 Å². The molecule has 8 heteroatoms. The van der Waals surface area contributed by atoms with Crippen LogP contribution in [0.3, 0.4) is 0 Å². The van der Waals surface area contributed by atoms with Gasteiger partial charge in [0.15, 0.2) is 15.5 Å². The van der Waals surface area contributed by atoms with Gasteiger partial charge in [-0.2, -0.15) is 5.10 Å². The molecular formula is C10H14N2O5S. The van der Waals surface area contributed by atoms with Crippen molar-refractivity contribution in [1.82, 2.24) is 5.01 Å². The highest BCUT2D eigenvalue weighted by Gasteiger charge is 2.39. The number of hydrazone groups is 1. The number of carbonyl (C=O) groups is 2. The van der Waals surface area contributed by atoms with Gasteiger partial charge in [-0.25, -0.2) is 18.2 Å². The van der Waals surface area contributed by atoms with E-state index in [4.69, 9.17) is 4.74 Å². The van der Waals surface area contributed by atoms with Crippen LogP contribution in [0, 0.1) is 0 Å². The molecule has 1 atom stereocenters. The number of carbonyl (C=O) groups excluding carboxylic acids is 2. The molecule has 0 radical (unpaired) electrons. The molecule has 0 aromatic heterocycles. The lowest BCUT2D eigenvalue weighted by Gasteiger charge is -2.17. The lowest BCUT2D eigenvalue weighted by atomic mass is 10.2. The number of amides is 1. The van der Waals surface area contributed by atoms with Crippen LogP contribution < -0.4 is 0 Å². The Bertz CT molecular complexity index is 510. The molecule has 1 unspecified atom stereocenters. The second-order valence-electron chi connectivity index (χ2n) is 4.24. The molecule has 7 nitrogen and oxygen atoms in total. The zero-order chi connectivity index (χ0) is 13.3. The zero-order valence-electron chi connectivity index (χ0n) is 9.96. The molecule has 1 fully saturated rings. The van der Waals surface area contributed by atoms with E-state index in [1.54, 1.807) is 6.92 Å². The average molecular weight is 274 g/mol. The highest BCUT2D eigenvalue weighted by atomic mass is 32.2. The van der Waals surface area contributed by atoms with Gasteiger partial charge in [0.1, 0.15) is 0 Å². The fourth-order valence-electron chi connectivity index (χ4n) is 2.03. The second-order valence-corrected chi connectivity index (χ2v) is 6.47. The Morgan fingerprint density at radius 3 is 2.83 bits per heavy atom. The summed E-state index contributed by atoms with van der Waals surface area (Å²) in [6, 6.07) is -0.450. The Kier molecular flexibility index (Phi) is 3.38. The molecule has 0 aliphatic carbocycles. The maximum atomic E-state index is 11.7. The van der Waals surface area contributed by atoms with Gasteiger partial charge in [0.05, 0.1) is 30.6 Å². The summed E-state index contributed by atoms with van der Waals surface area (Å²) in [7, 11) is -3.08. The average Bonchev–Trinajstić information content (AvgIpc) is 2.82. The summed E-state index contributed by atoms with van der Waals surface area (Å²) in [5, 5.41) is 5.02. The molecule has 0 spiro atoms. The van der Waals surface area contributed by atoms with Crippen molar-refractivity contribution in [1.29, 1.82) is 0 Å². The molecule has 0 aromatic rings. The van der Waals surface area contributed by atoms with Gasteiger partial charge in [0.2, 0.25) is 5.91 Å². The zero-order valence-corrected chi connectivity index (χ0v) is 10.8. The van der Waals surface area contributed by atoms with Gasteiger partial charge in [0, 0.05) is 0 Å². The maximum Gasteiger partial charge on any atom is 0.355 e. The fourth-order valence-corrected chi connectivity index (χ4v) is 3.72. The highest BCUT2D eigenvalue weighted by molar-refractivity contribution is 7.91. The Morgan fingerprint density at radius 1 is 1.56 bits per heavy atom. The van der Waals surface area contributed by atoms with Crippen LogP contribution in [0.25, 0.3) is 0 Å². The summed E-state index contributed by atoms with van der Waals surface area (Å²) in [5.74, 6) is -0.987. The standard InChI is InChI=1S/C10H14N2O5S/c1-2-17-10(14)8-5-9(13)12(11-8)7-3-4-18(15,16)6-7/h7H,2-6H2,1H3. The van der Waals surface area contributed by atoms with Crippen LogP contribution in [0.5, 0.6) is 0 Å². The minimum atomic E-state index is -3.08. The minimum Gasteiger partial charge on any atom is -0.461 e. The molecule has 0 bridgehead atoms. The topological polar surface area (TPSA) is 93.1 Å². The summed E-state index contributed by atoms with van der Waals surface area (Å²) in [5.41, 5.74) is 0.0474. The van der Waals surface area contributed by atoms with Crippen LogP contribution in [0.2, 0.25) is 0 Å². The largest absolute Gasteiger partial charge is 0.461 e. The van der Waals surface area contributed by atoms with Gasteiger partial charge in [0.25, 0.3) is 0 Å². The molecular weight excluding hydrogens is 260 g/mol. The van der Waals surface area contributed by atoms with Crippen LogP contribution in [-0.4, -0.2) is 55.2 Å². The summed E-state index contributed by atoms with van der Waals surface area (Å²) >= 11 is 0. The summed E-state index contributed by atoms with van der Waals surface area (Å²) in [6.07, 6.45) is 0.253. The van der Waals surface area contributed by atoms with E-state index < -0.39 is 21.8 Å². The number of ether oxygens (including phenoxy) is 1. The van der Waals surface area contributed by atoms with Gasteiger partial charge in [-0.1, -0.05) is 0 Å². The highest BCUT2D eigenvalue weighted by Crippen LogP contribution is 2.22. The predicted molar refractivity (Wildman–Crippen MR) is 62.6 cm³/mol. The smallest absolute Gasteiger partial charge is 0.355 e. The molecule has 2 heterocycles. The van der Waals surface area contributed by atoms with Crippen LogP contribution in [0.15, 0.2) is 5.10 Å². The van der Waals surface area contributed by atoms with E-state index in [0.29, 0.717) is 6.42 Å². The number of esters is 1. The lowest BCUT2D eigenvalue weighted by Crippen LogP contribution is -2.33. The van der Waals surface area contributed by atoms with Crippen molar-refractivity contribution in [2.45, 2.75) is 25.8 Å². The van der Waals surface area contributed by atoms with Crippen molar-refractivity contribution in [3.63, 3.8) is 0 Å². The number of hydrogen-bond acceptors (Lipinski definition) is 6. The molecule has 2 rings (SSSR count). The van der Waals surface area contributed by atoms with Gasteiger partial charge in [-0.05, 0) is 13.3 Å². The molecule has 100 valence electrons. The third kappa shape index (κ3) is 2.53. The predicted octanol–water partition coefficient (Wildman–Crippen LogP) is -0.675. The Balaban J connectivity index is 2.10. The van der Waals surface area contributed by atoms with Crippen molar-refractivity contribution in [2.24, 2.45) is 5.10 Å². The van der Waals surface area contributed by atoms with E-state index in [0.717, 1.165) is 5.01 Å². The molecule has 0 saturated carbocycles. The Labute approximate surface area is 105 Å². The first-order chi connectivity index (χ1) is 8.43. The maximum absolute atomic E-state index is 11.7. The van der Waals surface area contributed by atoms with Crippen LogP contribution in [0.4, 0.5) is 0 Å². The normalized spacial score (nSPS) is 26.3. The first-order valence-corrected chi connectivity index (χ1v) is 7.52. The van der Waals surface area contributed by atoms with Crippen molar-refractivity contribution < 1.29 is 22.7 Å². The summed E-state index contributed by atoms with van der Waals surface area (Å²) in [6.45, 7) is 1.88. The summed E-state index contributed by atoms with van der Waals surface area (Å²) in [4.78, 5) is 23.1. The Hall–Kier alpha value is -1.44. The van der Waals surface area contributed by atoms with Crippen molar-refractivity contribution >= 4 is 27.4 Å². The quantitative estimate of drug-likeness (QED) is 0.636. The van der Waals surface area contributed by atoms with Gasteiger partial charge in [-0.15, -0.1) is 0 Å². The first-order valence-electron chi connectivity index (χ1n) is 5.70. The molecule has 2 aliphatic heterocycles. The molecule has 1 saturated heterocycles. The second kappa shape index (κ2) is 4.68. The third-order valence-corrected chi connectivity index (χ3v) is 4.62. The van der Waals surface area contributed by atoms with Crippen LogP contribution >= 0.6 is 0 Å². The molecule has 0 N–H and O–H groups in total. The van der Waals surface area contributed by atoms with Gasteiger partial charge >= 0.3 is 5.97 Å². The van der Waals surface area contributed by atoms with E-state index in [9.17, 15) is 18.0 Å². The van der Waals surface area contributed by atoms with Crippen molar-refractivity contribution in [3.05, 3.63) is 0 Å². The monoisotopic (exact) mass is 274 g/mol. The van der Waals surface area contributed by atoms with Gasteiger partial charge < -0.3 is 4.74 Å². The lowest BCUT2D eigenvalue weighted by molar-refractivity contribution is -0.135. The molecule has 2 aliphatic rings. The fraction of sp³-hybridized carbons (Fsp3) is 0.700. The number of nitrogens with zero attached hydrogens (tertiary/aromatic N) is 2. The van der Waals surface area contributed by atoms with E-state index in [-0.39, 0.29) is 36.2 Å². The molecule has 18 heavy (non-hydrogen) atoms. The molecule has 0 aromatic carbocycles. The van der Waals surface area contributed by atoms with E-state index >= 15 is 0 Å². The first kappa shape index (κ1) is 13.0.